The van der Waals surface area contributed by atoms with Gasteiger partial charge < -0.3 is 19.6 Å². The van der Waals surface area contributed by atoms with E-state index in [2.05, 4.69) is 5.32 Å². The smallest absolute Gasteiger partial charge is 0.251 e. The van der Waals surface area contributed by atoms with Crippen LogP contribution in [0.5, 0.6) is 11.5 Å². The molecule has 37 heavy (non-hydrogen) atoms. The van der Waals surface area contributed by atoms with E-state index in [-0.39, 0.29) is 18.1 Å². The highest BCUT2D eigenvalue weighted by atomic mass is 16.5. The van der Waals surface area contributed by atoms with Crippen molar-refractivity contribution in [1.82, 2.24) is 10.3 Å². The molecule has 1 unspecified atom stereocenters. The molecule has 196 valence electrons. The van der Waals surface area contributed by atoms with Crippen LogP contribution in [0.3, 0.4) is 0 Å². The second-order valence-electron chi connectivity index (χ2n) is 10.4. The van der Waals surface area contributed by atoms with E-state index < -0.39 is 0 Å². The molecule has 1 N–H and O–H groups in total. The zero-order chi connectivity index (χ0) is 25.6. The third-order valence-corrected chi connectivity index (χ3v) is 7.81. The number of methoxy groups -OCH3 is 1. The summed E-state index contributed by atoms with van der Waals surface area (Å²) in [5.41, 5.74) is 3.60. The van der Waals surface area contributed by atoms with Crippen molar-refractivity contribution >= 4 is 17.9 Å². The zero-order valence-corrected chi connectivity index (χ0v) is 21.7. The fourth-order valence-corrected chi connectivity index (χ4v) is 5.63. The van der Waals surface area contributed by atoms with Crippen LogP contribution in [0, 0.1) is 0 Å². The summed E-state index contributed by atoms with van der Waals surface area (Å²) in [6, 6.07) is 13.6. The van der Waals surface area contributed by atoms with Gasteiger partial charge in [0.05, 0.1) is 25.5 Å². The van der Waals surface area contributed by atoms with Crippen molar-refractivity contribution in [2.24, 2.45) is 5.10 Å². The molecule has 2 saturated carbocycles. The summed E-state index contributed by atoms with van der Waals surface area (Å²) < 4.78 is 11.8. The predicted octanol–water partition coefficient (Wildman–Crippen LogP) is 5.26. The number of carbonyl (C=O) groups excluding carboxylic acids is 2. The molecule has 1 amide bonds. The SMILES string of the molecule is COc1ccc(C2=NN(Cc3ccc(C(=O)NC4CCCC4)cc3)C(C=O)CC2)cc1OC1CCCC1. The number of nitrogens with one attached hydrogen (secondary N) is 1. The third kappa shape index (κ3) is 6.14. The van der Waals surface area contributed by atoms with Crippen molar-refractivity contribution in [3.8, 4) is 11.5 Å². The third-order valence-electron chi connectivity index (χ3n) is 7.81. The molecular weight excluding hydrogens is 466 g/mol. The average Bonchev–Trinajstić information content (AvgIpc) is 3.64. The summed E-state index contributed by atoms with van der Waals surface area (Å²) in [6.07, 6.45) is 11.7. The number of carbonyl (C=O) groups is 2. The number of hydrogen-bond donors (Lipinski definition) is 1. The van der Waals surface area contributed by atoms with Gasteiger partial charge in [-0.05, 0) is 87.3 Å². The number of amides is 1. The van der Waals surface area contributed by atoms with E-state index in [9.17, 15) is 9.59 Å². The Morgan fingerprint density at radius 1 is 1.00 bits per heavy atom. The maximum atomic E-state index is 12.6. The number of rotatable bonds is 9. The minimum absolute atomic E-state index is 0.0161. The summed E-state index contributed by atoms with van der Waals surface area (Å²) >= 11 is 0. The molecule has 1 atom stereocenters. The highest BCUT2D eigenvalue weighted by molar-refractivity contribution is 6.01. The fraction of sp³-hybridized carbons (Fsp3) is 0.500. The predicted molar refractivity (Wildman–Crippen MR) is 143 cm³/mol. The molecule has 0 saturated heterocycles. The Kier molecular flexibility index (Phi) is 8.07. The first-order valence-corrected chi connectivity index (χ1v) is 13.7. The lowest BCUT2D eigenvalue weighted by atomic mass is 10.00. The number of hydrogen-bond acceptors (Lipinski definition) is 6. The van der Waals surface area contributed by atoms with Crippen molar-refractivity contribution in [1.29, 1.82) is 0 Å². The van der Waals surface area contributed by atoms with E-state index in [1.807, 2.05) is 47.5 Å². The van der Waals surface area contributed by atoms with Crippen LogP contribution >= 0.6 is 0 Å². The Morgan fingerprint density at radius 2 is 1.73 bits per heavy atom. The van der Waals surface area contributed by atoms with Crippen molar-refractivity contribution in [3.63, 3.8) is 0 Å². The molecule has 0 bridgehead atoms. The first-order valence-electron chi connectivity index (χ1n) is 13.7. The van der Waals surface area contributed by atoms with Crippen molar-refractivity contribution < 1.29 is 19.1 Å². The van der Waals surface area contributed by atoms with Gasteiger partial charge in [-0.3, -0.25) is 9.80 Å². The van der Waals surface area contributed by atoms with Gasteiger partial charge in [-0.1, -0.05) is 25.0 Å². The number of nitrogens with zero attached hydrogens (tertiary/aromatic N) is 2. The lowest BCUT2D eigenvalue weighted by Crippen LogP contribution is -2.37. The molecule has 3 aliphatic rings. The quantitative estimate of drug-likeness (QED) is 0.473. The second-order valence-corrected chi connectivity index (χ2v) is 10.4. The summed E-state index contributed by atoms with van der Waals surface area (Å²) in [4.78, 5) is 24.4. The molecule has 2 fully saturated rings. The van der Waals surface area contributed by atoms with Gasteiger partial charge in [0.2, 0.25) is 0 Å². The molecule has 0 spiro atoms. The maximum Gasteiger partial charge on any atom is 0.251 e. The Hall–Kier alpha value is -3.35. The van der Waals surface area contributed by atoms with Crippen molar-refractivity contribution in [3.05, 3.63) is 59.2 Å². The monoisotopic (exact) mass is 503 g/mol. The van der Waals surface area contributed by atoms with E-state index in [0.29, 0.717) is 24.6 Å². The lowest BCUT2D eigenvalue weighted by Gasteiger charge is -2.31. The fourth-order valence-electron chi connectivity index (χ4n) is 5.63. The molecule has 2 aliphatic carbocycles. The average molecular weight is 504 g/mol. The Labute approximate surface area is 219 Å². The molecule has 2 aromatic rings. The number of ether oxygens (including phenoxy) is 2. The van der Waals surface area contributed by atoms with Crippen LogP contribution in [-0.4, -0.2) is 48.2 Å². The molecule has 0 radical (unpaired) electrons. The minimum atomic E-state index is -0.276. The zero-order valence-electron chi connectivity index (χ0n) is 21.7. The van der Waals surface area contributed by atoms with E-state index in [4.69, 9.17) is 14.6 Å². The van der Waals surface area contributed by atoms with Crippen LogP contribution in [0.2, 0.25) is 0 Å². The Balaban J connectivity index is 1.30. The van der Waals surface area contributed by atoms with Gasteiger partial charge in [0.15, 0.2) is 11.5 Å². The molecule has 1 heterocycles. The van der Waals surface area contributed by atoms with Gasteiger partial charge in [-0.25, -0.2) is 0 Å². The molecular formula is C30H37N3O4. The Morgan fingerprint density at radius 3 is 2.43 bits per heavy atom. The molecule has 2 aromatic carbocycles. The van der Waals surface area contributed by atoms with Gasteiger partial charge in [0.25, 0.3) is 5.91 Å². The van der Waals surface area contributed by atoms with Crippen LogP contribution in [-0.2, 0) is 11.3 Å². The summed E-state index contributed by atoms with van der Waals surface area (Å²) in [5, 5.41) is 9.89. The van der Waals surface area contributed by atoms with Gasteiger partial charge in [-0.2, -0.15) is 5.10 Å². The van der Waals surface area contributed by atoms with Crippen molar-refractivity contribution in [2.75, 3.05) is 7.11 Å². The molecule has 1 aliphatic heterocycles. The van der Waals surface area contributed by atoms with Gasteiger partial charge in [0, 0.05) is 17.2 Å². The van der Waals surface area contributed by atoms with Crippen LogP contribution < -0.4 is 14.8 Å². The second kappa shape index (κ2) is 11.8. The van der Waals surface area contributed by atoms with E-state index in [0.717, 1.165) is 66.7 Å². The van der Waals surface area contributed by atoms with Crippen LogP contribution in [0.25, 0.3) is 0 Å². The number of aldehydes is 1. The van der Waals surface area contributed by atoms with Gasteiger partial charge in [0.1, 0.15) is 12.3 Å². The largest absolute Gasteiger partial charge is 0.493 e. The minimum Gasteiger partial charge on any atom is -0.493 e. The van der Waals surface area contributed by atoms with Crippen LogP contribution in [0.1, 0.15) is 85.7 Å². The molecule has 7 heteroatoms. The summed E-state index contributed by atoms with van der Waals surface area (Å²) in [6.45, 7) is 0.499. The Bertz CT molecular complexity index is 1120. The van der Waals surface area contributed by atoms with Crippen LogP contribution in [0.4, 0.5) is 0 Å². The first kappa shape index (κ1) is 25.3. The first-order chi connectivity index (χ1) is 18.1. The van der Waals surface area contributed by atoms with E-state index in [1.165, 1.54) is 25.7 Å². The highest BCUT2D eigenvalue weighted by Gasteiger charge is 2.25. The molecule has 5 rings (SSSR count). The van der Waals surface area contributed by atoms with E-state index in [1.54, 1.807) is 7.11 Å². The normalized spacial score (nSPS) is 20.5. The molecule has 0 aromatic heterocycles. The van der Waals surface area contributed by atoms with E-state index >= 15 is 0 Å². The lowest BCUT2D eigenvalue weighted by molar-refractivity contribution is -0.113. The summed E-state index contributed by atoms with van der Waals surface area (Å²) in [7, 11) is 1.66. The number of hydrazone groups is 1. The van der Waals surface area contributed by atoms with Gasteiger partial charge in [-0.15, -0.1) is 0 Å². The van der Waals surface area contributed by atoms with Crippen LogP contribution in [0.15, 0.2) is 47.6 Å². The van der Waals surface area contributed by atoms with Crippen molar-refractivity contribution in [2.45, 2.75) is 88.9 Å². The number of benzene rings is 2. The molecule has 7 nitrogen and oxygen atoms in total. The standard InChI is InChI=1S/C30H37N3O4/c1-36-28-17-14-23(18-29(28)37-26-8-4-5-9-26)27-16-15-25(20-34)33(32-27)19-21-10-12-22(13-11-21)30(35)31-24-6-2-3-7-24/h10-14,17-18,20,24-26H,2-9,15-16,19H2,1H3,(H,31,35). The topological polar surface area (TPSA) is 80.2 Å². The highest BCUT2D eigenvalue weighted by Crippen LogP contribution is 2.33. The summed E-state index contributed by atoms with van der Waals surface area (Å²) in [5.74, 6) is 1.47. The maximum absolute atomic E-state index is 12.6. The van der Waals surface area contributed by atoms with Gasteiger partial charge >= 0.3 is 0 Å².